The predicted molar refractivity (Wildman–Crippen MR) is 69.0 cm³/mol. The lowest BCUT2D eigenvalue weighted by Crippen LogP contribution is -1.92. The zero-order valence-corrected chi connectivity index (χ0v) is 10.0. The SMILES string of the molecule is C=CC/C(=C\C)c1ccc(C)cc1CC. The van der Waals surface area contributed by atoms with Crippen LogP contribution in [0, 0.1) is 6.92 Å². The average Bonchev–Trinajstić information content (AvgIpc) is 2.26. The summed E-state index contributed by atoms with van der Waals surface area (Å²) < 4.78 is 0. The van der Waals surface area contributed by atoms with E-state index in [-0.39, 0.29) is 0 Å². The highest BCUT2D eigenvalue weighted by Crippen LogP contribution is 2.24. The highest BCUT2D eigenvalue weighted by molar-refractivity contribution is 5.69. The number of aryl methyl sites for hydroxylation is 2. The molecule has 0 radical (unpaired) electrons. The Hall–Kier alpha value is -1.30. The van der Waals surface area contributed by atoms with Gasteiger partial charge in [-0.3, -0.25) is 0 Å². The van der Waals surface area contributed by atoms with E-state index in [1.807, 2.05) is 6.08 Å². The van der Waals surface area contributed by atoms with Crippen LogP contribution in [0.5, 0.6) is 0 Å². The van der Waals surface area contributed by atoms with Gasteiger partial charge >= 0.3 is 0 Å². The van der Waals surface area contributed by atoms with Crippen LogP contribution in [-0.4, -0.2) is 0 Å². The number of benzene rings is 1. The van der Waals surface area contributed by atoms with Crippen LogP contribution in [-0.2, 0) is 6.42 Å². The zero-order valence-electron chi connectivity index (χ0n) is 10.0. The van der Waals surface area contributed by atoms with Crippen LogP contribution in [0.15, 0.2) is 36.9 Å². The molecule has 80 valence electrons. The molecule has 15 heavy (non-hydrogen) atoms. The Kier molecular flexibility index (Phi) is 4.36. The van der Waals surface area contributed by atoms with Gasteiger partial charge < -0.3 is 0 Å². The predicted octanol–water partition coefficient (Wildman–Crippen LogP) is 4.54. The van der Waals surface area contributed by atoms with Gasteiger partial charge in [-0.25, -0.2) is 0 Å². The Balaban J connectivity index is 3.17. The van der Waals surface area contributed by atoms with Gasteiger partial charge in [-0.1, -0.05) is 42.8 Å². The summed E-state index contributed by atoms with van der Waals surface area (Å²) in [4.78, 5) is 0. The van der Waals surface area contributed by atoms with E-state index in [1.54, 1.807) is 0 Å². The molecule has 0 bridgehead atoms. The second-order valence-corrected chi connectivity index (χ2v) is 3.82. The summed E-state index contributed by atoms with van der Waals surface area (Å²) in [6.45, 7) is 10.3. The van der Waals surface area contributed by atoms with Crippen LogP contribution >= 0.6 is 0 Å². The van der Waals surface area contributed by atoms with E-state index in [2.05, 4.69) is 51.6 Å². The van der Waals surface area contributed by atoms with E-state index in [4.69, 9.17) is 0 Å². The number of hydrogen-bond donors (Lipinski definition) is 0. The van der Waals surface area contributed by atoms with Crippen molar-refractivity contribution in [1.29, 1.82) is 0 Å². The van der Waals surface area contributed by atoms with Crippen molar-refractivity contribution in [1.82, 2.24) is 0 Å². The van der Waals surface area contributed by atoms with Crippen molar-refractivity contribution in [3.8, 4) is 0 Å². The van der Waals surface area contributed by atoms with Gasteiger partial charge in [0, 0.05) is 0 Å². The number of rotatable bonds is 4. The van der Waals surface area contributed by atoms with E-state index in [0.29, 0.717) is 0 Å². The quantitative estimate of drug-likeness (QED) is 0.626. The first-order chi connectivity index (χ1) is 7.22. The molecule has 1 aromatic carbocycles. The summed E-state index contributed by atoms with van der Waals surface area (Å²) in [5, 5.41) is 0. The van der Waals surface area contributed by atoms with Gasteiger partial charge in [-0.05, 0) is 43.4 Å². The van der Waals surface area contributed by atoms with Gasteiger partial charge in [0.25, 0.3) is 0 Å². The molecular formula is C15H20. The smallest absolute Gasteiger partial charge is 0.00974 e. The van der Waals surface area contributed by atoms with Crippen molar-refractivity contribution < 1.29 is 0 Å². The molecule has 0 nitrogen and oxygen atoms in total. The molecule has 0 unspecified atom stereocenters. The third-order valence-corrected chi connectivity index (χ3v) is 2.70. The van der Waals surface area contributed by atoms with E-state index >= 15 is 0 Å². The van der Waals surface area contributed by atoms with Crippen LogP contribution in [0.1, 0.15) is 37.0 Å². The minimum Gasteiger partial charge on any atom is -0.103 e. The first-order valence-electron chi connectivity index (χ1n) is 5.58. The normalized spacial score (nSPS) is 11.5. The van der Waals surface area contributed by atoms with Crippen molar-refractivity contribution in [3.05, 3.63) is 53.6 Å². The van der Waals surface area contributed by atoms with Crippen LogP contribution in [0.25, 0.3) is 5.57 Å². The van der Waals surface area contributed by atoms with Gasteiger partial charge in [-0.2, -0.15) is 0 Å². The maximum Gasteiger partial charge on any atom is -0.00974 e. The van der Waals surface area contributed by atoms with Crippen molar-refractivity contribution in [2.24, 2.45) is 0 Å². The molecule has 0 heteroatoms. The number of hydrogen-bond acceptors (Lipinski definition) is 0. The second-order valence-electron chi connectivity index (χ2n) is 3.82. The molecule has 0 spiro atoms. The summed E-state index contributed by atoms with van der Waals surface area (Å²) >= 11 is 0. The minimum atomic E-state index is 0.951. The fraction of sp³-hybridized carbons (Fsp3) is 0.333. The van der Waals surface area contributed by atoms with Crippen LogP contribution < -0.4 is 0 Å². The first kappa shape index (κ1) is 11.8. The molecule has 1 aromatic rings. The van der Waals surface area contributed by atoms with Gasteiger partial charge in [-0.15, -0.1) is 6.58 Å². The van der Waals surface area contributed by atoms with Gasteiger partial charge in [0.05, 0.1) is 0 Å². The summed E-state index contributed by atoms with van der Waals surface area (Å²) in [7, 11) is 0. The highest BCUT2D eigenvalue weighted by Gasteiger charge is 2.04. The fourth-order valence-electron chi connectivity index (χ4n) is 1.87. The third kappa shape index (κ3) is 2.82. The van der Waals surface area contributed by atoms with Crippen LogP contribution in [0.4, 0.5) is 0 Å². The summed E-state index contributed by atoms with van der Waals surface area (Å²) in [5.41, 5.74) is 5.53. The van der Waals surface area contributed by atoms with E-state index in [1.165, 1.54) is 22.3 Å². The maximum absolute atomic E-state index is 3.81. The first-order valence-corrected chi connectivity index (χ1v) is 5.58. The van der Waals surface area contributed by atoms with E-state index < -0.39 is 0 Å². The summed E-state index contributed by atoms with van der Waals surface area (Å²) in [5.74, 6) is 0. The molecule has 0 aliphatic carbocycles. The molecule has 0 aliphatic rings. The lowest BCUT2D eigenvalue weighted by molar-refractivity contribution is 1.11. The Morgan fingerprint density at radius 2 is 2.13 bits per heavy atom. The van der Waals surface area contributed by atoms with E-state index in [9.17, 15) is 0 Å². The van der Waals surface area contributed by atoms with Crippen molar-refractivity contribution >= 4 is 5.57 Å². The van der Waals surface area contributed by atoms with Crippen LogP contribution in [0.3, 0.4) is 0 Å². The Labute approximate surface area is 93.3 Å². The standard InChI is InChI=1S/C15H20/c1-5-8-13(6-2)15-10-9-12(4)11-14(15)7-3/h5-6,9-11H,1,7-8H2,2-4H3/b13-6+. The molecule has 1 rings (SSSR count). The molecule has 0 aromatic heterocycles. The molecule has 0 fully saturated rings. The maximum atomic E-state index is 3.81. The van der Waals surface area contributed by atoms with Gasteiger partial charge in [0.2, 0.25) is 0 Å². The van der Waals surface area contributed by atoms with Crippen molar-refractivity contribution in [2.75, 3.05) is 0 Å². The second kappa shape index (κ2) is 5.55. The lowest BCUT2D eigenvalue weighted by atomic mass is 9.94. The van der Waals surface area contributed by atoms with Gasteiger partial charge in [0.15, 0.2) is 0 Å². The molecule has 0 amide bonds. The topological polar surface area (TPSA) is 0 Å². The molecule has 0 heterocycles. The summed E-state index contributed by atoms with van der Waals surface area (Å²) in [6.07, 6.45) is 6.19. The third-order valence-electron chi connectivity index (χ3n) is 2.70. The monoisotopic (exact) mass is 200 g/mol. The molecular weight excluding hydrogens is 180 g/mol. The van der Waals surface area contributed by atoms with E-state index in [0.717, 1.165) is 12.8 Å². The van der Waals surface area contributed by atoms with Crippen LogP contribution in [0.2, 0.25) is 0 Å². The molecule has 0 aliphatic heterocycles. The summed E-state index contributed by atoms with van der Waals surface area (Å²) in [6, 6.07) is 6.69. The molecule has 0 saturated carbocycles. The Bertz CT molecular complexity index is 370. The van der Waals surface area contributed by atoms with Gasteiger partial charge in [0.1, 0.15) is 0 Å². The Morgan fingerprint density at radius 3 is 2.67 bits per heavy atom. The highest BCUT2D eigenvalue weighted by atomic mass is 14.1. The number of allylic oxidation sites excluding steroid dienone is 3. The fourth-order valence-corrected chi connectivity index (χ4v) is 1.87. The average molecular weight is 200 g/mol. The largest absolute Gasteiger partial charge is 0.103 e. The lowest BCUT2D eigenvalue weighted by Gasteiger charge is -2.11. The Morgan fingerprint density at radius 1 is 1.40 bits per heavy atom. The minimum absolute atomic E-state index is 0.951. The van der Waals surface area contributed by atoms with Crippen molar-refractivity contribution in [2.45, 2.75) is 33.6 Å². The van der Waals surface area contributed by atoms with Crippen molar-refractivity contribution in [3.63, 3.8) is 0 Å². The molecule has 0 atom stereocenters. The molecule has 0 N–H and O–H groups in total. The molecule has 0 saturated heterocycles. The zero-order chi connectivity index (χ0) is 11.3.